The minimum Gasteiger partial charge on any atom is -0.382 e. The molecule has 2 rings (SSSR count). The van der Waals surface area contributed by atoms with E-state index in [-0.39, 0.29) is 0 Å². The molecule has 1 nitrogen and oxygen atoms in total. The topological polar surface area (TPSA) is 12.0 Å². The first kappa shape index (κ1) is 16.6. The molecule has 0 spiro atoms. The van der Waals surface area contributed by atoms with E-state index >= 15 is 0 Å². The van der Waals surface area contributed by atoms with E-state index in [1.54, 1.807) is 12.1 Å². The number of alkyl halides is 2. The SMILES string of the molecule is CC1(C)CC(Nc2ccc(SC(F)F)cc2)CC(C)(C)C1. The van der Waals surface area contributed by atoms with E-state index in [4.69, 9.17) is 0 Å². The third-order valence-corrected chi connectivity index (χ3v) is 4.73. The summed E-state index contributed by atoms with van der Waals surface area (Å²) in [5.41, 5.74) is 1.70. The monoisotopic (exact) mass is 313 g/mol. The molecule has 1 aliphatic carbocycles. The van der Waals surface area contributed by atoms with Gasteiger partial charge in [-0.15, -0.1) is 0 Å². The third kappa shape index (κ3) is 5.17. The zero-order valence-electron chi connectivity index (χ0n) is 13.2. The van der Waals surface area contributed by atoms with Gasteiger partial charge in [-0.3, -0.25) is 0 Å². The minimum absolute atomic E-state index is 0.338. The van der Waals surface area contributed by atoms with Crippen LogP contribution in [0.1, 0.15) is 47.0 Å². The summed E-state index contributed by atoms with van der Waals surface area (Å²) >= 11 is 0.592. The zero-order valence-corrected chi connectivity index (χ0v) is 14.1. The summed E-state index contributed by atoms with van der Waals surface area (Å²) in [4.78, 5) is 0.611. The van der Waals surface area contributed by atoms with Crippen molar-refractivity contribution < 1.29 is 8.78 Å². The van der Waals surface area contributed by atoms with Crippen LogP contribution >= 0.6 is 11.8 Å². The van der Waals surface area contributed by atoms with Crippen LogP contribution in [-0.4, -0.2) is 11.8 Å². The van der Waals surface area contributed by atoms with Crippen LogP contribution in [0.25, 0.3) is 0 Å². The number of hydrogen-bond donors (Lipinski definition) is 1. The first-order valence-electron chi connectivity index (χ1n) is 7.47. The van der Waals surface area contributed by atoms with Crippen LogP contribution in [0.3, 0.4) is 0 Å². The number of benzene rings is 1. The second-order valence-electron chi connectivity index (χ2n) is 7.66. The molecule has 1 aromatic rings. The fourth-order valence-corrected chi connectivity index (χ4v) is 4.42. The van der Waals surface area contributed by atoms with E-state index in [0.29, 0.717) is 33.5 Å². The zero-order chi connectivity index (χ0) is 15.7. The Morgan fingerprint density at radius 1 is 1.05 bits per heavy atom. The summed E-state index contributed by atoms with van der Waals surface area (Å²) in [6.07, 6.45) is 3.52. The summed E-state index contributed by atoms with van der Waals surface area (Å²) in [5, 5.41) is 3.58. The predicted octanol–water partition coefficient (Wildman–Crippen LogP) is 6.02. The van der Waals surface area contributed by atoms with Crippen molar-refractivity contribution in [1.82, 2.24) is 0 Å². The van der Waals surface area contributed by atoms with Crippen LogP contribution in [0.5, 0.6) is 0 Å². The van der Waals surface area contributed by atoms with Crippen molar-refractivity contribution in [2.24, 2.45) is 10.8 Å². The molecule has 0 amide bonds. The highest BCUT2D eigenvalue weighted by Gasteiger charge is 2.38. The maximum absolute atomic E-state index is 12.3. The van der Waals surface area contributed by atoms with Crippen LogP contribution in [0.2, 0.25) is 0 Å². The Bertz CT molecular complexity index is 452. The van der Waals surface area contributed by atoms with Gasteiger partial charge in [0.05, 0.1) is 0 Å². The Morgan fingerprint density at radius 3 is 2.05 bits per heavy atom. The van der Waals surface area contributed by atoms with Crippen molar-refractivity contribution in [2.45, 2.75) is 63.7 Å². The van der Waals surface area contributed by atoms with Gasteiger partial charge in [-0.05, 0) is 54.4 Å². The van der Waals surface area contributed by atoms with Gasteiger partial charge in [0.2, 0.25) is 0 Å². The molecule has 0 saturated heterocycles. The molecular weight excluding hydrogens is 288 g/mol. The average Bonchev–Trinajstić information content (AvgIpc) is 2.26. The summed E-state index contributed by atoms with van der Waals surface area (Å²) < 4.78 is 24.6. The molecule has 4 heteroatoms. The molecule has 0 unspecified atom stereocenters. The number of anilines is 1. The Kier molecular flexibility index (Phi) is 4.86. The normalized spacial score (nSPS) is 21.5. The highest BCUT2D eigenvalue weighted by atomic mass is 32.2. The fourth-order valence-electron chi connectivity index (χ4n) is 3.92. The molecule has 0 bridgehead atoms. The third-order valence-electron chi connectivity index (χ3n) is 4.01. The number of thioether (sulfide) groups is 1. The Hall–Kier alpha value is -0.770. The van der Waals surface area contributed by atoms with Gasteiger partial charge in [-0.2, -0.15) is 8.78 Å². The lowest BCUT2D eigenvalue weighted by atomic mass is 9.63. The first-order chi connectivity index (χ1) is 9.65. The summed E-state index contributed by atoms with van der Waals surface area (Å²) in [7, 11) is 0. The first-order valence-corrected chi connectivity index (χ1v) is 8.35. The van der Waals surface area contributed by atoms with Crippen molar-refractivity contribution in [1.29, 1.82) is 0 Å². The molecule has 0 aliphatic heterocycles. The van der Waals surface area contributed by atoms with Gasteiger partial charge in [-0.25, -0.2) is 0 Å². The van der Waals surface area contributed by atoms with E-state index in [1.807, 2.05) is 12.1 Å². The molecule has 1 aromatic carbocycles. The highest BCUT2D eigenvalue weighted by Crippen LogP contribution is 2.46. The van der Waals surface area contributed by atoms with Crippen LogP contribution < -0.4 is 5.32 Å². The van der Waals surface area contributed by atoms with Gasteiger partial charge in [0.25, 0.3) is 5.76 Å². The smallest absolute Gasteiger partial charge is 0.288 e. The number of nitrogens with one attached hydrogen (secondary N) is 1. The number of rotatable bonds is 4. The molecule has 0 radical (unpaired) electrons. The largest absolute Gasteiger partial charge is 0.382 e. The van der Waals surface area contributed by atoms with E-state index in [2.05, 4.69) is 33.0 Å². The molecule has 1 fully saturated rings. The second kappa shape index (κ2) is 6.15. The Morgan fingerprint density at radius 2 is 1.57 bits per heavy atom. The van der Waals surface area contributed by atoms with E-state index in [0.717, 1.165) is 18.5 Å². The van der Waals surface area contributed by atoms with Crippen LogP contribution in [0.4, 0.5) is 14.5 Å². The van der Waals surface area contributed by atoms with Crippen LogP contribution in [-0.2, 0) is 0 Å². The van der Waals surface area contributed by atoms with Gasteiger partial charge in [-0.1, -0.05) is 39.5 Å². The van der Waals surface area contributed by atoms with Crippen molar-refractivity contribution in [3.8, 4) is 0 Å². The lowest BCUT2D eigenvalue weighted by molar-refractivity contribution is 0.105. The van der Waals surface area contributed by atoms with Crippen LogP contribution in [0.15, 0.2) is 29.2 Å². The van der Waals surface area contributed by atoms with Crippen molar-refractivity contribution >= 4 is 17.4 Å². The molecule has 1 aliphatic rings. The number of hydrogen-bond acceptors (Lipinski definition) is 2. The summed E-state index contributed by atoms with van der Waals surface area (Å²) in [6.45, 7) is 9.30. The molecule has 118 valence electrons. The quantitative estimate of drug-likeness (QED) is 0.682. The molecular formula is C17H25F2NS. The molecule has 21 heavy (non-hydrogen) atoms. The summed E-state index contributed by atoms with van der Waals surface area (Å²) in [6, 6.07) is 7.77. The van der Waals surface area contributed by atoms with Gasteiger partial charge in [0.1, 0.15) is 0 Å². The molecule has 1 N–H and O–H groups in total. The molecule has 0 heterocycles. The highest BCUT2D eigenvalue weighted by molar-refractivity contribution is 7.99. The van der Waals surface area contributed by atoms with E-state index in [9.17, 15) is 8.78 Å². The molecule has 0 atom stereocenters. The van der Waals surface area contributed by atoms with E-state index in [1.165, 1.54) is 6.42 Å². The van der Waals surface area contributed by atoms with Gasteiger partial charge < -0.3 is 5.32 Å². The van der Waals surface area contributed by atoms with Crippen LogP contribution in [0, 0.1) is 10.8 Å². The maximum atomic E-state index is 12.3. The molecule has 0 aromatic heterocycles. The Labute approximate surface area is 130 Å². The fraction of sp³-hybridized carbons (Fsp3) is 0.647. The predicted molar refractivity (Wildman–Crippen MR) is 87.1 cm³/mol. The maximum Gasteiger partial charge on any atom is 0.288 e. The lowest BCUT2D eigenvalue weighted by Gasteiger charge is -2.45. The summed E-state index contributed by atoms with van der Waals surface area (Å²) in [5.74, 6) is -2.36. The average molecular weight is 313 g/mol. The van der Waals surface area contributed by atoms with Gasteiger partial charge >= 0.3 is 0 Å². The van der Waals surface area contributed by atoms with Crippen molar-refractivity contribution in [3.05, 3.63) is 24.3 Å². The lowest BCUT2D eigenvalue weighted by Crippen LogP contribution is -2.40. The van der Waals surface area contributed by atoms with Gasteiger partial charge in [0, 0.05) is 16.6 Å². The standard InChI is InChI=1S/C17H25F2NS/c1-16(2)9-13(10-17(3,4)11-16)20-12-5-7-14(8-6-12)21-15(18)19/h5-8,13,15,20H,9-11H2,1-4H3. The second-order valence-corrected chi connectivity index (χ2v) is 8.72. The van der Waals surface area contributed by atoms with Crippen molar-refractivity contribution in [3.63, 3.8) is 0 Å². The van der Waals surface area contributed by atoms with Gasteiger partial charge in [0.15, 0.2) is 0 Å². The van der Waals surface area contributed by atoms with E-state index < -0.39 is 5.76 Å². The molecule has 1 saturated carbocycles. The Balaban J connectivity index is 2.00. The number of halogens is 2. The van der Waals surface area contributed by atoms with Crippen molar-refractivity contribution in [2.75, 3.05) is 5.32 Å². The minimum atomic E-state index is -2.36.